The molecule has 5 nitrogen and oxygen atoms in total. The first kappa shape index (κ1) is 17.0. The molecular formula is C19H19FN2O3S. The molecule has 26 heavy (non-hydrogen) atoms. The number of carbonyl (C=O) groups excluding carboxylic acids is 1. The van der Waals surface area contributed by atoms with E-state index in [9.17, 15) is 17.6 Å². The van der Waals surface area contributed by atoms with Crippen LogP contribution in [0.3, 0.4) is 0 Å². The first-order chi connectivity index (χ1) is 12.3. The minimum absolute atomic E-state index is 0.0348. The molecule has 7 heteroatoms. The molecule has 0 radical (unpaired) electrons. The maximum atomic E-state index is 13.2. The van der Waals surface area contributed by atoms with Gasteiger partial charge < -0.3 is 4.90 Å². The second-order valence-corrected chi connectivity index (χ2v) is 9.11. The third-order valence-electron chi connectivity index (χ3n) is 5.06. The molecule has 2 heterocycles. The summed E-state index contributed by atoms with van der Waals surface area (Å²) in [6.45, 7) is 2.34. The molecule has 2 aliphatic rings. The Morgan fingerprint density at radius 1 is 1.00 bits per heavy atom. The van der Waals surface area contributed by atoms with Crippen molar-refractivity contribution in [2.45, 2.75) is 25.6 Å². The van der Waals surface area contributed by atoms with Gasteiger partial charge in [0.1, 0.15) is 5.82 Å². The fourth-order valence-electron chi connectivity index (χ4n) is 3.76. The van der Waals surface area contributed by atoms with E-state index in [-0.39, 0.29) is 23.6 Å². The second-order valence-electron chi connectivity index (χ2n) is 6.95. The highest BCUT2D eigenvalue weighted by Crippen LogP contribution is 2.35. The first-order valence-electron chi connectivity index (χ1n) is 8.45. The van der Waals surface area contributed by atoms with Gasteiger partial charge >= 0.3 is 6.03 Å². The normalized spacial score (nSPS) is 24.2. The van der Waals surface area contributed by atoms with Gasteiger partial charge in [-0.05, 0) is 36.8 Å². The lowest BCUT2D eigenvalue weighted by Crippen LogP contribution is -2.37. The van der Waals surface area contributed by atoms with Crippen LogP contribution in [0.15, 0.2) is 48.5 Å². The Bertz CT molecular complexity index is 942. The van der Waals surface area contributed by atoms with Crippen molar-refractivity contribution in [2.75, 3.05) is 16.4 Å². The molecular weight excluding hydrogens is 355 g/mol. The molecule has 0 aliphatic carbocycles. The third-order valence-corrected chi connectivity index (χ3v) is 6.75. The third kappa shape index (κ3) is 2.96. The van der Waals surface area contributed by atoms with Gasteiger partial charge in [-0.3, -0.25) is 4.90 Å². The Kier molecular flexibility index (Phi) is 3.99. The number of benzene rings is 2. The average molecular weight is 374 g/mol. The van der Waals surface area contributed by atoms with Crippen LogP contribution in [-0.4, -0.2) is 42.9 Å². The number of hydrogen-bond donors (Lipinski definition) is 0. The molecule has 136 valence electrons. The SMILES string of the molecule is Cc1ccc(CN2C(=O)N(c3ccc(F)cc3)[C@H]3CS(=O)(=O)C[C@@H]32)cc1. The van der Waals surface area contributed by atoms with E-state index in [4.69, 9.17) is 0 Å². The van der Waals surface area contributed by atoms with E-state index in [0.29, 0.717) is 12.2 Å². The number of sulfone groups is 1. The van der Waals surface area contributed by atoms with Crippen LogP contribution in [0.5, 0.6) is 0 Å². The highest BCUT2D eigenvalue weighted by Gasteiger charge is 2.53. The van der Waals surface area contributed by atoms with Crippen LogP contribution in [0.4, 0.5) is 14.9 Å². The minimum atomic E-state index is -3.22. The van der Waals surface area contributed by atoms with E-state index >= 15 is 0 Å². The smallest absolute Gasteiger partial charge is 0.314 e. The van der Waals surface area contributed by atoms with Crippen LogP contribution in [-0.2, 0) is 16.4 Å². The number of urea groups is 1. The summed E-state index contributed by atoms with van der Waals surface area (Å²) >= 11 is 0. The van der Waals surface area contributed by atoms with Crippen molar-refractivity contribution in [3.63, 3.8) is 0 Å². The summed E-state index contributed by atoms with van der Waals surface area (Å²) in [6.07, 6.45) is 0. The van der Waals surface area contributed by atoms with Gasteiger partial charge in [0, 0.05) is 12.2 Å². The summed E-state index contributed by atoms with van der Waals surface area (Å²) < 4.78 is 37.6. The lowest BCUT2D eigenvalue weighted by atomic mass is 10.1. The zero-order chi connectivity index (χ0) is 18.5. The topological polar surface area (TPSA) is 57.7 Å². The number of aryl methyl sites for hydroxylation is 1. The van der Waals surface area contributed by atoms with E-state index in [2.05, 4.69) is 0 Å². The van der Waals surface area contributed by atoms with E-state index in [0.717, 1.165) is 11.1 Å². The fourth-order valence-corrected chi connectivity index (χ4v) is 5.71. The largest absolute Gasteiger partial charge is 0.325 e. The van der Waals surface area contributed by atoms with Crippen molar-refractivity contribution in [3.05, 3.63) is 65.5 Å². The van der Waals surface area contributed by atoms with E-state index in [1.165, 1.54) is 29.2 Å². The average Bonchev–Trinajstić information content (AvgIpc) is 3.02. The van der Waals surface area contributed by atoms with Gasteiger partial charge in [-0.1, -0.05) is 29.8 Å². The molecule has 0 unspecified atom stereocenters. The lowest BCUT2D eigenvalue weighted by Gasteiger charge is -2.22. The molecule has 2 aliphatic heterocycles. The Hall–Kier alpha value is -2.41. The summed E-state index contributed by atoms with van der Waals surface area (Å²) in [7, 11) is -3.22. The van der Waals surface area contributed by atoms with Gasteiger partial charge in [-0.25, -0.2) is 17.6 Å². The standard InChI is InChI=1S/C19H19FN2O3S/c1-13-2-4-14(5-3-13)10-21-17-11-26(24,25)12-18(17)22(19(21)23)16-8-6-15(20)7-9-16/h2-9,17-18H,10-12H2,1H3/t17-,18-/m0/s1. The zero-order valence-electron chi connectivity index (χ0n) is 14.3. The summed E-state index contributed by atoms with van der Waals surface area (Å²) in [5.41, 5.74) is 2.60. The maximum Gasteiger partial charge on any atom is 0.325 e. The quantitative estimate of drug-likeness (QED) is 0.777. The van der Waals surface area contributed by atoms with Gasteiger partial charge in [0.15, 0.2) is 9.84 Å². The summed E-state index contributed by atoms with van der Waals surface area (Å²) in [5.74, 6) is -0.495. The number of rotatable bonds is 3. The molecule has 0 N–H and O–H groups in total. The Morgan fingerprint density at radius 3 is 2.27 bits per heavy atom. The van der Waals surface area contributed by atoms with Crippen LogP contribution in [0.2, 0.25) is 0 Å². The highest BCUT2D eigenvalue weighted by atomic mass is 32.2. The van der Waals surface area contributed by atoms with Crippen LogP contribution in [0.25, 0.3) is 0 Å². The van der Waals surface area contributed by atoms with Crippen molar-refractivity contribution < 1.29 is 17.6 Å². The van der Waals surface area contributed by atoms with Gasteiger partial charge in [0.2, 0.25) is 0 Å². The highest BCUT2D eigenvalue weighted by molar-refractivity contribution is 7.91. The molecule has 4 rings (SSSR count). The number of halogens is 1. The Labute approximate surface area is 152 Å². The molecule has 2 aromatic carbocycles. The summed E-state index contributed by atoms with van der Waals surface area (Å²) in [6, 6.07) is 12.4. The van der Waals surface area contributed by atoms with Crippen molar-refractivity contribution in [1.82, 2.24) is 4.90 Å². The summed E-state index contributed by atoms with van der Waals surface area (Å²) in [4.78, 5) is 16.2. The molecule has 2 atom stereocenters. The van der Waals surface area contributed by atoms with E-state index < -0.39 is 21.7 Å². The maximum absolute atomic E-state index is 13.2. The van der Waals surface area contributed by atoms with E-state index in [1.54, 1.807) is 4.90 Å². The lowest BCUT2D eigenvalue weighted by molar-refractivity contribution is 0.206. The number of carbonyl (C=O) groups is 1. The van der Waals surface area contributed by atoms with Gasteiger partial charge in [0.05, 0.1) is 23.6 Å². The number of hydrogen-bond acceptors (Lipinski definition) is 3. The second kappa shape index (κ2) is 6.09. The Morgan fingerprint density at radius 2 is 1.62 bits per heavy atom. The molecule has 0 bridgehead atoms. The van der Waals surface area contributed by atoms with Crippen LogP contribution in [0, 0.1) is 12.7 Å². The minimum Gasteiger partial charge on any atom is -0.314 e. The predicted octanol–water partition coefficient (Wildman–Crippen LogP) is 2.74. The predicted molar refractivity (Wildman–Crippen MR) is 97.2 cm³/mol. The molecule has 0 spiro atoms. The number of nitrogens with zero attached hydrogens (tertiary/aromatic N) is 2. The number of fused-ring (bicyclic) bond motifs is 1. The zero-order valence-corrected chi connectivity index (χ0v) is 15.1. The molecule has 0 aromatic heterocycles. The van der Waals surface area contributed by atoms with Crippen LogP contribution >= 0.6 is 0 Å². The number of amides is 2. The van der Waals surface area contributed by atoms with Crippen LogP contribution < -0.4 is 4.90 Å². The number of anilines is 1. The first-order valence-corrected chi connectivity index (χ1v) is 10.3. The van der Waals surface area contributed by atoms with Crippen molar-refractivity contribution in [1.29, 1.82) is 0 Å². The molecule has 2 saturated heterocycles. The molecule has 2 amide bonds. The monoisotopic (exact) mass is 374 g/mol. The van der Waals surface area contributed by atoms with Crippen LogP contribution in [0.1, 0.15) is 11.1 Å². The molecule has 2 aromatic rings. The van der Waals surface area contributed by atoms with E-state index in [1.807, 2.05) is 31.2 Å². The Balaban J connectivity index is 1.69. The van der Waals surface area contributed by atoms with Gasteiger partial charge in [-0.2, -0.15) is 0 Å². The van der Waals surface area contributed by atoms with Crippen molar-refractivity contribution in [3.8, 4) is 0 Å². The molecule has 2 fully saturated rings. The van der Waals surface area contributed by atoms with Gasteiger partial charge in [0.25, 0.3) is 0 Å². The van der Waals surface area contributed by atoms with Gasteiger partial charge in [-0.15, -0.1) is 0 Å². The van der Waals surface area contributed by atoms with Crippen molar-refractivity contribution >= 4 is 21.6 Å². The molecule has 0 saturated carbocycles. The van der Waals surface area contributed by atoms with Crippen molar-refractivity contribution in [2.24, 2.45) is 0 Å². The fraction of sp³-hybridized carbons (Fsp3) is 0.316. The summed E-state index contributed by atoms with van der Waals surface area (Å²) in [5, 5.41) is 0.